The van der Waals surface area contributed by atoms with Gasteiger partial charge in [-0.25, -0.2) is 0 Å². The molecule has 0 amide bonds. The normalized spacial score (nSPS) is 11.2. The molecule has 4 heteroatoms. The molecule has 1 aromatic heterocycles. The molecule has 0 aliphatic rings. The molecule has 0 saturated carbocycles. The number of methoxy groups -OCH3 is 1. The van der Waals surface area contributed by atoms with E-state index in [2.05, 4.69) is 5.10 Å². The van der Waals surface area contributed by atoms with Crippen LogP contribution >= 0.6 is 0 Å². The first-order valence-electron chi connectivity index (χ1n) is 6.22. The summed E-state index contributed by atoms with van der Waals surface area (Å²) in [5.41, 5.74) is 2.65. The topological polar surface area (TPSA) is 60.8 Å². The molecule has 3 rings (SSSR count). The Morgan fingerprint density at radius 1 is 1.15 bits per heavy atom. The van der Waals surface area contributed by atoms with E-state index in [0.717, 1.165) is 33.6 Å². The van der Waals surface area contributed by atoms with Gasteiger partial charge in [-0.3, -0.25) is 0 Å². The molecule has 1 heterocycles. The summed E-state index contributed by atoms with van der Waals surface area (Å²) in [4.78, 5) is 0. The number of rotatable bonds is 3. The molecule has 0 atom stereocenters. The molecule has 0 aliphatic carbocycles. The molecule has 0 bridgehead atoms. The first kappa shape index (κ1) is 12.3. The Morgan fingerprint density at radius 3 is 2.65 bits per heavy atom. The monoisotopic (exact) mass is 266 g/mol. The largest absolute Gasteiger partial charge is 0.497 e. The lowest BCUT2D eigenvalue weighted by Crippen LogP contribution is -1.86. The molecule has 3 aromatic rings. The van der Waals surface area contributed by atoms with E-state index >= 15 is 0 Å². The lowest BCUT2D eigenvalue weighted by molar-refractivity contribution is 0.415. The highest BCUT2D eigenvalue weighted by atomic mass is 16.5. The lowest BCUT2D eigenvalue weighted by atomic mass is 10.1. The third-order valence-corrected chi connectivity index (χ3v) is 3.16. The molecule has 20 heavy (non-hydrogen) atoms. The van der Waals surface area contributed by atoms with Crippen molar-refractivity contribution >= 4 is 17.2 Å². The van der Waals surface area contributed by atoms with E-state index in [-0.39, 0.29) is 0 Å². The van der Waals surface area contributed by atoms with Crippen molar-refractivity contribution in [2.75, 3.05) is 7.11 Å². The van der Waals surface area contributed by atoms with Gasteiger partial charge in [-0.2, -0.15) is 5.10 Å². The third-order valence-electron chi connectivity index (χ3n) is 3.16. The van der Waals surface area contributed by atoms with Crippen LogP contribution in [0.5, 0.6) is 5.75 Å². The van der Waals surface area contributed by atoms with Crippen LogP contribution in [0.15, 0.2) is 58.0 Å². The second-order valence-corrected chi connectivity index (χ2v) is 4.38. The number of fused-ring (bicyclic) bond motifs is 1. The minimum absolute atomic E-state index is 0.785. The Bertz CT molecular complexity index is 758. The number of hydrazone groups is 1. The number of nitrogens with two attached hydrogens (primary N) is 1. The molecule has 0 fully saturated rings. The molecule has 0 spiro atoms. The van der Waals surface area contributed by atoms with Gasteiger partial charge in [-0.1, -0.05) is 12.1 Å². The highest BCUT2D eigenvalue weighted by molar-refractivity contribution is 5.98. The standard InChI is InChI=1S/C16H14N2O2/c1-19-14-7-5-11(6-8-14)15-9-12-3-2-4-13(10-18-17)16(12)20-15/h2-10H,17H2,1H3. The van der Waals surface area contributed by atoms with Crippen LogP contribution in [0.1, 0.15) is 5.56 Å². The van der Waals surface area contributed by atoms with Crippen LogP contribution in [0, 0.1) is 0 Å². The summed E-state index contributed by atoms with van der Waals surface area (Å²) in [5, 5.41) is 4.58. The van der Waals surface area contributed by atoms with Crippen molar-refractivity contribution in [3.8, 4) is 17.1 Å². The van der Waals surface area contributed by atoms with Gasteiger partial charge < -0.3 is 15.0 Å². The third kappa shape index (κ3) is 2.12. The summed E-state index contributed by atoms with van der Waals surface area (Å²) >= 11 is 0. The molecule has 2 N–H and O–H groups in total. The van der Waals surface area contributed by atoms with Crippen molar-refractivity contribution in [3.63, 3.8) is 0 Å². The molecule has 0 unspecified atom stereocenters. The maximum absolute atomic E-state index is 5.92. The first-order valence-corrected chi connectivity index (χ1v) is 6.22. The van der Waals surface area contributed by atoms with Gasteiger partial charge in [0.1, 0.15) is 17.1 Å². The van der Waals surface area contributed by atoms with E-state index in [0.29, 0.717) is 0 Å². The number of furan rings is 1. The second-order valence-electron chi connectivity index (χ2n) is 4.38. The van der Waals surface area contributed by atoms with Crippen LogP contribution in [0.3, 0.4) is 0 Å². The zero-order valence-corrected chi connectivity index (χ0v) is 11.0. The molecule has 2 aromatic carbocycles. The minimum Gasteiger partial charge on any atom is -0.497 e. The highest BCUT2D eigenvalue weighted by Crippen LogP contribution is 2.30. The van der Waals surface area contributed by atoms with Gasteiger partial charge >= 0.3 is 0 Å². The SMILES string of the molecule is COc1ccc(-c2cc3cccc(C=NN)c3o2)cc1. The number of hydrogen-bond donors (Lipinski definition) is 1. The molecular formula is C16H14N2O2. The van der Waals surface area contributed by atoms with E-state index in [4.69, 9.17) is 15.0 Å². The van der Waals surface area contributed by atoms with Crippen molar-refractivity contribution in [1.82, 2.24) is 0 Å². The van der Waals surface area contributed by atoms with Gasteiger partial charge in [0.15, 0.2) is 0 Å². The van der Waals surface area contributed by atoms with E-state index in [9.17, 15) is 0 Å². The Labute approximate surface area is 116 Å². The maximum Gasteiger partial charge on any atom is 0.143 e. The second kappa shape index (κ2) is 5.09. The van der Waals surface area contributed by atoms with Crippen molar-refractivity contribution in [2.45, 2.75) is 0 Å². The molecular weight excluding hydrogens is 252 g/mol. The fraction of sp³-hybridized carbons (Fsp3) is 0.0625. The Morgan fingerprint density at radius 2 is 1.95 bits per heavy atom. The smallest absolute Gasteiger partial charge is 0.143 e. The van der Waals surface area contributed by atoms with Gasteiger partial charge in [-0.05, 0) is 36.4 Å². The first-order chi connectivity index (χ1) is 9.81. The summed E-state index contributed by atoms with van der Waals surface area (Å²) in [6.45, 7) is 0. The quantitative estimate of drug-likeness (QED) is 0.449. The summed E-state index contributed by atoms with van der Waals surface area (Å²) in [6.07, 6.45) is 1.59. The Hall–Kier alpha value is -2.75. The highest BCUT2D eigenvalue weighted by Gasteiger charge is 2.09. The number of para-hydroxylation sites is 1. The number of benzene rings is 2. The van der Waals surface area contributed by atoms with Gasteiger partial charge in [0.05, 0.1) is 13.3 Å². The molecule has 0 aliphatic heterocycles. The average molecular weight is 266 g/mol. The molecule has 100 valence electrons. The van der Waals surface area contributed by atoms with Crippen molar-refractivity contribution in [3.05, 3.63) is 54.1 Å². The van der Waals surface area contributed by atoms with Crippen molar-refractivity contribution in [2.24, 2.45) is 10.9 Å². The van der Waals surface area contributed by atoms with E-state index < -0.39 is 0 Å². The fourth-order valence-corrected chi connectivity index (χ4v) is 2.17. The molecule has 0 saturated heterocycles. The van der Waals surface area contributed by atoms with Crippen LogP contribution < -0.4 is 10.6 Å². The Balaban J connectivity index is 2.10. The van der Waals surface area contributed by atoms with Crippen LogP contribution in [0.25, 0.3) is 22.3 Å². The molecule has 0 radical (unpaired) electrons. The van der Waals surface area contributed by atoms with Crippen LogP contribution in [-0.4, -0.2) is 13.3 Å². The number of nitrogens with zero attached hydrogens (tertiary/aromatic N) is 1. The van der Waals surface area contributed by atoms with E-state index in [1.807, 2.05) is 48.5 Å². The van der Waals surface area contributed by atoms with Crippen LogP contribution in [-0.2, 0) is 0 Å². The predicted octanol–water partition coefficient (Wildman–Crippen LogP) is 3.40. The van der Waals surface area contributed by atoms with Gasteiger partial charge in [0, 0.05) is 16.5 Å². The summed E-state index contributed by atoms with van der Waals surface area (Å²) < 4.78 is 11.1. The van der Waals surface area contributed by atoms with Crippen molar-refractivity contribution in [1.29, 1.82) is 0 Å². The van der Waals surface area contributed by atoms with E-state index in [1.54, 1.807) is 13.3 Å². The summed E-state index contributed by atoms with van der Waals surface area (Å²) in [6, 6.07) is 15.6. The number of hydrogen-bond acceptors (Lipinski definition) is 4. The zero-order valence-electron chi connectivity index (χ0n) is 11.0. The lowest BCUT2D eigenvalue weighted by Gasteiger charge is -2.00. The van der Waals surface area contributed by atoms with Crippen LogP contribution in [0.4, 0.5) is 0 Å². The van der Waals surface area contributed by atoms with Crippen molar-refractivity contribution < 1.29 is 9.15 Å². The minimum atomic E-state index is 0.785. The summed E-state index contributed by atoms with van der Waals surface area (Å²) in [5.74, 6) is 6.84. The van der Waals surface area contributed by atoms with E-state index in [1.165, 1.54) is 0 Å². The average Bonchev–Trinajstić information content (AvgIpc) is 2.93. The predicted molar refractivity (Wildman–Crippen MR) is 80.0 cm³/mol. The Kier molecular flexibility index (Phi) is 3.13. The zero-order chi connectivity index (χ0) is 13.9. The fourth-order valence-electron chi connectivity index (χ4n) is 2.17. The van der Waals surface area contributed by atoms with Gasteiger partial charge in [0.2, 0.25) is 0 Å². The number of ether oxygens (including phenoxy) is 1. The summed E-state index contributed by atoms with van der Waals surface area (Å²) in [7, 11) is 1.65. The maximum atomic E-state index is 5.92. The van der Waals surface area contributed by atoms with Crippen LogP contribution in [0.2, 0.25) is 0 Å². The van der Waals surface area contributed by atoms with Gasteiger partial charge in [-0.15, -0.1) is 0 Å². The van der Waals surface area contributed by atoms with Gasteiger partial charge in [0.25, 0.3) is 0 Å². The molecule has 4 nitrogen and oxygen atoms in total.